The van der Waals surface area contributed by atoms with E-state index in [1.54, 1.807) is 12.1 Å². The minimum atomic E-state index is -0.573. The highest BCUT2D eigenvalue weighted by Crippen LogP contribution is 2.40. The van der Waals surface area contributed by atoms with Gasteiger partial charge in [0.25, 0.3) is 0 Å². The summed E-state index contributed by atoms with van der Waals surface area (Å²) in [6, 6.07) is 18.0. The summed E-state index contributed by atoms with van der Waals surface area (Å²) in [6.07, 6.45) is 1.92. The highest BCUT2D eigenvalue weighted by atomic mass is 35.5. The Hall–Kier alpha value is -1.55. The van der Waals surface area contributed by atoms with Gasteiger partial charge in [-0.25, -0.2) is 0 Å². The minimum absolute atomic E-state index is 0.225. The molecule has 2 atom stereocenters. The van der Waals surface area contributed by atoms with Gasteiger partial charge < -0.3 is 15.2 Å². The van der Waals surface area contributed by atoms with Crippen molar-refractivity contribution in [2.24, 2.45) is 5.92 Å². The summed E-state index contributed by atoms with van der Waals surface area (Å²) in [6.45, 7) is 0.726. The molecule has 4 heteroatoms. The molecule has 1 aliphatic rings. The zero-order valence-electron chi connectivity index (χ0n) is 13.0. The molecule has 0 bridgehead atoms. The van der Waals surface area contributed by atoms with Crippen LogP contribution in [0.4, 0.5) is 0 Å². The third-order valence-electron chi connectivity index (χ3n) is 4.09. The van der Waals surface area contributed by atoms with Gasteiger partial charge in [-0.1, -0.05) is 54.1 Å². The first-order valence-corrected chi connectivity index (χ1v) is 8.45. The lowest BCUT2D eigenvalue weighted by molar-refractivity contribution is 0.103. The van der Waals surface area contributed by atoms with Crippen molar-refractivity contribution in [1.82, 2.24) is 5.32 Å². The number of hydrogen-bond acceptors (Lipinski definition) is 3. The third kappa shape index (κ3) is 4.71. The first kappa shape index (κ1) is 16.3. The number of halogens is 1. The number of benzene rings is 2. The lowest BCUT2D eigenvalue weighted by atomic mass is 10.0. The average molecular weight is 332 g/mol. The van der Waals surface area contributed by atoms with Crippen LogP contribution in [0.25, 0.3) is 0 Å². The molecule has 23 heavy (non-hydrogen) atoms. The van der Waals surface area contributed by atoms with Crippen molar-refractivity contribution in [1.29, 1.82) is 0 Å². The predicted octanol–water partition coefficient (Wildman–Crippen LogP) is 3.82. The Labute approximate surface area is 142 Å². The minimum Gasteiger partial charge on any atom is -0.489 e. The van der Waals surface area contributed by atoms with Crippen LogP contribution in [0, 0.1) is 5.92 Å². The molecule has 2 aromatic carbocycles. The highest BCUT2D eigenvalue weighted by molar-refractivity contribution is 6.32. The summed E-state index contributed by atoms with van der Waals surface area (Å²) in [4.78, 5) is 0. The monoisotopic (exact) mass is 331 g/mol. The van der Waals surface area contributed by atoms with E-state index in [0.29, 0.717) is 29.3 Å². The van der Waals surface area contributed by atoms with Crippen LogP contribution in [-0.2, 0) is 0 Å². The fourth-order valence-electron chi connectivity index (χ4n) is 2.72. The molecular weight excluding hydrogens is 310 g/mol. The Morgan fingerprint density at radius 1 is 1.09 bits per heavy atom. The number of aliphatic hydroxyl groups is 1. The Balaban J connectivity index is 1.49. The van der Waals surface area contributed by atoms with Gasteiger partial charge in [0.05, 0.1) is 5.02 Å². The lowest BCUT2D eigenvalue weighted by Crippen LogP contribution is -2.34. The van der Waals surface area contributed by atoms with Gasteiger partial charge in [0.15, 0.2) is 0 Å². The SMILES string of the molecule is OC(CNC(c1ccccc1)C1CC1)COc1ccccc1Cl. The number of rotatable bonds is 8. The number of nitrogens with one attached hydrogen (secondary N) is 1. The van der Waals surface area contributed by atoms with Crippen LogP contribution in [0.3, 0.4) is 0 Å². The fourth-order valence-corrected chi connectivity index (χ4v) is 2.91. The topological polar surface area (TPSA) is 41.5 Å². The zero-order valence-corrected chi connectivity index (χ0v) is 13.7. The number of para-hydroxylation sites is 1. The van der Waals surface area contributed by atoms with E-state index in [9.17, 15) is 5.11 Å². The second kappa shape index (κ2) is 7.82. The van der Waals surface area contributed by atoms with Crippen LogP contribution in [0.5, 0.6) is 5.75 Å². The molecule has 1 fully saturated rings. The fraction of sp³-hybridized carbons (Fsp3) is 0.368. The largest absolute Gasteiger partial charge is 0.489 e. The molecule has 1 aliphatic carbocycles. The van der Waals surface area contributed by atoms with Crippen LogP contribution in [-0.4, -0.2) is 24.4 Å². The highest BCUT2D eigenvalue weighted by Gasteiger charge is 2.32. The van der Waals surface area contributed by atoms with E-state index in [4.69, 9.17) is 16.3 Å². The summed E-state index contributed by atoms with van der Waals surface area (Å²) < 4.78 is 5.59. The second-order valence-corrected chi connectivity index (χ2v) is 6.44. The van der Waals surface area contributed by atoms with E-state index in [0.717, 1.165) is 0 Å². The van der Waals surface area contributed by atoms with Crippen molar-refractivity contribution in [3.63, 3.8) is 0 Å². The Bertz CT molecular complexity index is 616. The van der Waals surface area contributed by atoms with E-state index in [1.165, 1.54) is 18.4 Å². The van der Waals surface area contributed by atoms with Gasteiger partial charge in [-0.3, -0.25) is 0 Å². The molecule has 3 nitrogen and oxygen atoms in total. The molecule has 3 rings (SSSR count). The van der Waals surface area contributed by atoms with Crippen LogP contribution < -0.4 is 10.1 Å². The van der Waals surface area contributed by atoms with Crippen LogP contribution >= 0.6 is 11.6 Å². The Kier molecular flexibility index (Phi) is 5.55. The van der Waals surface area contributed by atoms with E-state index < -0.39 is 6.10 Å². The molecular formula is C19H22ClNO2. The molecule has 0 aromatic heterocycles. The maximum atomic E-state index is 10.2. The summed E-state index contributed by atoms with van der Waals surface area (Å²) >= 11 is 6.04. The summed E-state index contributed by atoms with van der Waals surface area (Å²) in [5.74, 6) is 1.28. The van der Waals surface area contributed by atoms with Crippen molar-refractivity contribution >= 4 is 11.6 Å². The predicted molar refractivity (Wildman–Crippen MR) is 92.9 cm³/mol. The van der Waals surface area contributed by atoms with Crippen molar-refractivity contribution < 1.29 is 9.84 Å². The molecule has 0 saturated heterocycles. The van der Waals surface area contributed by atoms with Crippen molar-refractivity contribution in [3.05, 3.63) is 65.2 Å². The normalized spacial score (nSPS) is 16.8. The number of aliphatic hydroxyl groups excluding tert-OH is 1. The van der Waals surface area contributed by atoms with Gasteiger partial charge in [0, 0.05) is 12.6 Å². The first-order valence-electron chi connectivity index (χ1n) is 8.08. The summed E-state index contributed by atoms with van der Waals surface area (Å²) in [7, 11) is 0. The Morgan fingerprint density at radius 3 is 2.48 bits per heavy atom. The molecule has 1 saturated carbocycles. The quantitative estimate of drug-likeness (QED) is 0.772. The van der Waals surface area contributed by atoms with Gasteiger partial charge in [-0.05, 0) is 36.5 Å². The molecule has 2 aromatic rings. The summed E-state index contributed by atoms with van der Waals surface area (Å²) in [5.41, 5.74) is 1.29. The van der Waals surface area contributed by atoms with E-state index in [2.05, 4.69) is 29.6 Å². The third-order valence-corrected chi connectivity index (χ3v) is 4.41. The summed E-state index contributed by atoms with van der Waals surface area (Å²) in [5, 5.41) is 14.2. The molecule has 0 radical (unpaired) electrons. The van der Waals surface area contributed by atoms with Crippen LogP contribution in [0.1, 0.15) is 24.4 Å². The maximum absolute atomic E-state index is 10.2. The second-order valence-electron chi connectivity index (χ2n) is 6.03. The first-order chi connectivity index (χ1) is 11.2. The molecule has 0 aliphatic heterocycles. The lowest BCUT2D eigenvalue weighted by Gasteiger charge is -2.21. The van der Waals surface area contributed by atoms with Gasteiger partial charge in [-0.2, -0.15) is 0 Å². The van der Waals surface area contributed by atoms with Gasteiger partial charge in [0.1, 0.15) is 18.5 Å². The van der Waals surface area contributed by atoms with E-state index in [-0.39, 0.29) is 6.61 Å². The number of hydrogen-bond donors (Lipinski definition) is 2. The van der Waals surface area contributed by atoms with E-state index >= 15 is 0 Å². The molecule has 0 heterocycles. The molecule has 122 valence electrons. The van der Waals surface area contributed by atoms with Gasteiger partial charge in [-0.15, -0.1) is 0 Å². The van der Waals surface area contributed by atoms with Crippen molar-refractivity contribution in [3.8, 4) is 5.75 Å². The van der Waals surface area contributed by atoms with E-state index in [1.807, 2.05) is 18.2 Å². The standard InChI is InChI=1S/C19H22ClNO2/c20-17-8-4-5-9-18(17)23-13-16(22)12-21-19(15-10-11-15)14-6-2-1-3-7-14/h1-9,15-16,19,21-22H,10-13H2. The average Bonchev–Trinajstić information content (AvgIpc) is 3.40. The smallest absolute Gasteiger partial charge is 0.138 e. The van der Waals surface area contributed by atoms with Gasteiger partial charge >= 0.3 is 0 Å². The van der Waals surface area contributed by atoms with Crippen molar-refractivity contribution in [2.75, 3.05) is 13.2 Å². The molecule has 2 unspecified atom stereocenters. The van der Waals surface area contributed by atoms with Crippen LogP contribution in [0.15, 0.2) is 54.6 Å². The molecule has 2 N–H and O–H groups in total. The molecule has 0 spiro atoms. The number of ether oxygens (including phenoxy) is 1. The van der Waals surface area contributed by atoms with Gasteiger partial charge in [0.2, 0.25) is 0 Å². The molecule has 0 amide bonds. The van der Waals surface area contributed by atoms with Crippen LogP contribution in [0.2, 0.25) is 5.02 Å². The maximum Gasteiger partial charge on any atom is 0.138 e. The zero-order chi connectivity index (χ0) is 16.1. The Morgan fingerprint density at radius 2 is 1.78 bits per heavy atom. The van der Waals surface area contributed by atoms with Crippen molar-refractivity contribution in [2.45, 2.75) is 25.0 Å².